The summed E-state index contributed by atoms with van der Waals surface area (Å²) >= 11 is 0. The third-order valence-corrected chi connectivity index (χ3v) is 3.77. The van der Waals surface area contributed by atoms with Crippen LogP contribution in [0.4, 0.5) is 20.2 Å². The van der Waals surface area contributed by atoms with Gasteiger partial charge in [-0.3, -0.25) is 0 Å². The Morgan fingerprint density at radius 2 is 1.90 bits per heavy atom. The summed E-state index contributed by atoms with van der Waals surface area (Å²) in [4.78, 5) is 1.63. The monoisotopic (exact) mass is 285 g/mol. The summed E-state index contributed by atoms with van der Waals surface area (Å²) in [5.74, 6) is -1.44. The predicted molar refractivity (Wildman–Crippen MR) is 76.7 cm³/mol. The second-order valence-electron chi connectivity index (χ2n) is 5.06. The van der Waals surface area contributed by atoms with Crippen LogP contribution in [-0.2, 0) is 13.0 Å². The molecule has 0 spiro atoms. The molecular formula is C16H13F2N3. The van der Waals surface area contributed by atoms with E-state index in [1.54, 1.807) is 17.0 Å². The molecule has 1 aliphatic rings. The molecule has 1 heterocycles. The van der Waals surface area contributed by atoms with Crippen molar-refractivity contribution < 1.29 is 8.78 Å². The molecule has 0 fully saturated rings. The van der Waals surface area contributed by atoms with Crippen molar-refractivity contribution in [1.29, 1.82) is 5.26 Å². The number of benzene rings is 2. The number of nitrogens with two attached hydrogens (primary N) is 1. The van der Waals surface area contributed by atoms with E-state index in [2.05, 4.69) is 0 Å². The molecule has 0 saturated carbocycles. The molecule has 3 nitrogen and oxygen atoms in total. The largest absolute Gasteiger partial charge is 0.398 e. The third kappa shape index (κ3) is 2.29. The molecule has 2 N–H and O–H groups in total. The van der Waals surface area contributed by atoms with Crippen LogP contribution < -0.4 is 10.6 Å². The van der Waals surface area contributed by atoms with Crippen LogP contribution in [0.25, 0.3) is 0 Å². The summed E-state index contributed by atoms with van der Waals surface area (Å²) in [5, 5.41) is 8.74. The molecule has 2 aromatic carbocycles. The number of nitrogen functional groups attached to an aromatic ring is 1. The van der Waals surface area contributed by atoms with E-state index >= 15 is 0 Å². The van der Waals surface area contributed by atoms with Crippen LogP contribution in [0.2, 0.25) is 0 Å². The van der Waals surface area contributed by atoms with Crippen molar-refractivity contribution in [3.8, 4) is 6.07 Å². The van der Waals surface area contributed by atoms with Crippen LogP contribution in [0.15, 0.2) is 30.3 Å². The van der Waals surface area contributed by atoms with Gasteiger partial charge in [0, 0.05) is 18.8 Å². The van der Waals surface area contributed by atoms with Crippen molar-refractivity contribution >= 4 is 11.4 Å². The Morgan fingerprint density at radius 1 is 1.19 bits per heavy atom. The molecular weight excluding hydrogens is 272 g/mol. The first-order chi connectivity index (χ1) is 10.1. The predicted octanol–water partition coefficient (Wildman–Crippen LogP) is 2.98. The first-order valence-electron chi connectivity index (χ1n) is 6.60. The molecule has 3 rings (SSSR count). The minimum Gasteiger partial charge on any atom is -0.398 e. The van der Waals surface area contributed by atoms with Crippen molar-refractivity contribution in [2.24, 2.45) is 0 Å². The molecule has 0 bridgehead atoms. The van der Waals surface area contributed by atoms with Crippen LogP contribution in [0, 0.1) is 23.0 Å². The highest BCUT2D eigenvalue weighted by molar-refractivity contribution is 5.59. The van der Waals surface area contributed by atoms with Crippen molar-refractivity contribution in [2.75, 3.05) is 17.2 Å². The number of rotatable bonds is 1. The number of anilines is 2. The molecule has 5 heteroatoms. The van der Waals surface area contributed by atoms with E-state index in [0.29, 0.717) is 25.2 Å². The Kier molecular flexibility index (Phi) is 3.22. The van der Waals surface area contributed by atoms with Crippen LogP contribution in [-0.4, -0.2) is 6.54 Å². The number of nitriles is 1. The van der Waals surface area contributed by atoms with Gasteiger partial charge in [0.2, 0.25) is 0 Å². The smallest absolute Gasteiger partial charge is 0.150 e. The van der Waals surface area contributed by atoms with Gasteiger partial charge in [-0.1, -0.05) is 12.1 Å². The van der Waals surface area contributed by atoms with Gasteiger partial charge in [0.25, 0.3) is 0 Å². The molecule has 0 saturated heterocycles. The van der Waals surface area contributed by atoms with Crippen LogP contribution >= 0.6 is 0 Å². The fraction of sp³-hybridized carbons (Fsp3) is 0.188. The molecule has 0 aromatic heterocycles. The SMILES string of the molecule is N#Cc1cc(F)c(N2CCc3cccc(N)c3C2)c(F)c1. The highest BCUT2D eigenvalue weighted by atomic mass is 19.1. The maximum Gasteiger partial charge on any atom is 0.150 e. The number of nitrogens with zero attached hydrogens (tertiary/aromatic N) is 2. The second-order valence-corrected chi connectivity index (χ2v) is 5.06. The van der Waals surface area contributed by atoms with Crippen molar-refractivity contribution in [3.05, 3.63) is 58.7 Å². The average molecular weight is 285 g/mol. The Morgan fingerprint density at radius 3 is 2.57 bits per heavy atom. The number of hydrogen-bond acceptors (Lipinski definition) is 3. The maximum absolute atomic E-state index is 14.1. The standard InChI is InChI=1S/C16H13F2N3/c17-13-6-10(8-19)7-14(18)16(13)21-5-4-11-2-1-3-15(20)12(11)9-21/h1-3,6-7H,4-5,9,20H2. The van der Waals surface area contributed by atoms with E-state index in [4.69, 9.17) is 11.0 Å². The average Bonchev–Trinajstić information content (AvgIpc) is 2.47. The fourth-order valence-corrected chi connectivity index (χ4v) is 2.73. The summed E-state index contributed by atoms with van der Waals surface area (Å²) in [6.45, 7) is 0.873. The second kappa shape index (κ2) is 5.06. The highest BCUT2D eigenvalue weighted by Crippen LogP contribution is 2.31. The van der Waals surface area contributed by atoms with Gasteiger partial charge in [-0.15, -0.1) is 0 Å². The lowest BCUT2D eigenvalue weighted by atomic mass is 9.97. The van der Waals surface area contributed by atoms with E-state index in [0.717, 1.165) is 23.3 Å². The minimum absolute atomic E-state index is 0.0225. The lowest BCUT2D eigenvalue weighted by molar-refractivity contribution is 0.564. The lowest BCUT2D eigenvalue weighted by Gasteiger charge is -2.32. The molecule has 106 valence electrons. The lowest BCUT2D eigenvalue weighted by Crippen LogP contribution is -2.32. The number of halogens is 2. The zero-order chi connectivity index (χ0) is 15.0. The van der Waals surface area contributed by atoms with E-state index < -0.39 is 11.6 Å². The Bertz CT molecular complexity index is 727. The normalized spacial score (nSPS) is 13.7. The minimum atomic E-state index is -0.718. The van der Waals surface area contributed by atoms with Crippen LogP contribution in [0.3, 0.4) is 0 Å². The van der Waals surface area contributed by atoms with Crippen molar-refractivity contribution in [2.45, 2.75) is 13.0 Å². The number of fused-ring (bicyclic) bond motifs is 1. The van der Waals surface area contributed by atoms with Gasteiger partial charge in [-0.25, -0.2) is 8.78 Å². The summed E-state index contributed by atoms with van der Waals surface area (Å²) in [6.07, 6.45) is 0.680. The zero-order valence-corrected chi connectivity index (χ0v) is 11.2. The Hall–Kier alpha value is -2.61. The topological polar surface area (TPSA) is 53.0 Å². The summed E-state index contributed by atoms with van der Waals surface area (Å²) in [6, 6.07) is 9.51. The van der Waals surface area contributed by atoms with E-state index in [9.17, 15) is 8.78 Å². The summed E-state index contributed by atoms with van der Waals surface area (Å²) < 4.78 is 28.2. The molecule has 2 aromatic rings. The van der Waals surface area contributed by atoms with Gasteiger partial charge in [0.15, 0.2) is 11.6 Å². The van der Waals surface area contributed by atoms with E-state index in [1.165, 1.54) is 0 Å². The molecule has 1 aliphatic heterocycles. The molecule has 0 amide bonds. The quantitative estimate of drug-likeness (QED) is 0.819. The molecule has 0 unspecified atom stereocenters. The fourth-order valence-electron chi connectivity index (χ4n) is 2.73. The van der Waals surface area contributed by atoms with Gasteiger partial charge in [-0.2, -0.15) is 5.26 Å². The summed E-state index contributed by atoms with van der Waals surface area (Å²) in [5.41, 5.74) is 8.48. The maximum atomic E-state index is 14.1. The Balaban J connectivity index is 2.01. The van der Waals surface area contributed by atoms with Gasteiger partial charge in [-0.05, 0) is 35.7 Å². The van der Waals surface area contributed by atoms with Gasteiger partial charge in [0.05, 0.1) is 11.6 Å². The zero-order valence-electron chi connectivity index (χ0n) is 11.2. The first-order valence-corrected chi connectivity index (χ1v) is 6.60. The molecule has 0 radical (unpaired) electrons. The molecule has 0 aliphatic carbocycles. The van der Waals surface area contributed by atoms with E-state index in [1.807, 2.05) is 12.1 Å². The van der Waals surface area contributed by atoms with Crippen molar-refractivity contribution in [3.63, 3.8) is 0 Å². The summed E-state index contributed by atoms with van der Waals surface area (Å²) in [7, 11) is 0. The van der Waals surface area contributed by atoms with Gasteiger partial charge >= 0.3 is 0 Å². The molecule has 0 atom stereocenters. The van der Waals surface area contributed by atoms with Crippen molar-refractivity contribution in [1.82, 2.24) is 0 Å². The van der Waals surface area contributed by atoms with Gasteiger partial charge < -0.3 is 10.6 Å². The number of hydrogen-bond donors (Lipinski definition) is 1. The Labute approximate surface area is 121 Å². The highest BCUT2D eigenvalue weighted by Gasteiger charge is 2.23. The van der Waals surface area contributed by atoms with Crippen LogP contribution in [0.1, 0.15) is 16.7 Å². The first kappa shape index (κ1) is 13.4. The van der Waals surface area contributed by atoms with Crippen LogP contribution in [0.5, 0.6) is 0 Å². The van der Waals surface area contributed by atoms with Gasteiger partial charge in [0.1, 0.15) is 5.69 Å². The van der Waals surface area contributed by atoms with E-state index in [-0.39, 0.29) is 11.3 Å². The third-order valence-electron chi connectivity index (χ3n) is 3.77. The molecule has 21 heavy (non-hydrogen) atoms.